The lowest BCUT2D eigenvalue weighted by atomic mass is 9.87. The highest BCUT2D eigenvalue weighted by molar-refractivity contribution is 5.95. The van der Waals surface area contributed by atoms with E-state index in [2.05, 4.69) is 48.5 Å². The highest BCUT2D eigenvalue weighted by Gasteiger charge is 2.13. The van der Waals surface area contributed by atoms with Crippen molar-refractivity contribution < 1.29 is 9.59 Å². The second kappa shape index (κ2) is 15.5. The number of allylic oxidation sites excluding steroid dienone is 5. The molecule has 0 saturated carbocycles. The van der Waals surface area contributed by atoms with E-state index >= 15 is 0 Å². The summed E-state index contributed by atoms with van der Waals surface area (Å²) in [4.78, 5) is 27.1. The van der Waals surface area contributed by atoms with Crippen LogP contribution >= 0.6 is 0 Å². The monoisotopic (exact) mass is 450 g/mol. The molecule has 0 aliphatic carbocycles. The third-order valence-corrected chi connectivity index (χ3v) is 5.40. The Morgan fingerprint density at radius 3 is 2.36 bits per heavy atom. The fraction of sp³-hybridized carbons (Fsp3) is 0.370. The Bertz CT molecular complexity index is 942. The predicted octanol–water partition coefficient (Wildman–Crippen LogP) is 4.44. The summed E-state index contributed by atoms with van der Waals surface area (Å²) in [6.07, 6.45) is 10.8. The molecule has 2 aromatic rings. The van der Waals surface area contributed by atoms with Crippen molar-refractivity contribution in [1.82, 2.24) is 20.2 Å². The summed E-state index contributed by atoms with van der Waals surface area (Å²) >= 11 is 0. The second-order valence-corrected chi connectivity index (χ2v) is 7.79. The number of amides is 1. The first kappa shape index (κ1) is 27.8. The van der Waals surface area contributed by atoms with Gasteiger partial charge in [0.1, 0.15) is 6.29 Å². The van der Waals surface area contributed by atoms with Gasteiger partial charge in [-0.05, 0) is 50.6 Å². The quantitative estimate of drug-likeness (QED) is 0.319. The van der Waals surface area contributed by atoms with Crippen LogP contribution in [0.4, 0.5) is 0 Å². The van der Waals surface area contributed by atoms with Crippen LogP contribution in [0.5, 0.6) is 0 Å². The molecule has 1 amide bonds. The number of imidazole rings is 1. The summed E-state index contributed by atoms with van der Waals surface area (Å²) in [7, 11) is 3.52. The number of aromatic nitrogens is 2. The van der Waals surface area contributed by atoms with Crippen LogP contribution in [0.3, 0.4) is 0 Å². The van der Waals surface area contributed by atoms with Crippen molar-refractivity contribution in [2.45, 2.75) is 46.6 Å². The van der Waals surface area contributed by atoms with E-state index in [1.54, 1.807) is 26.2 Å². The van der Waals surface area contributed by atoms with E-state index in [4.69, 9.17) is 0 Å². The number of aldehydes is 1. The van der Waals surface area contributed by atoms with Gasteiger partial charge < -0.3 is 15.2 Å². The number of nitrogens with zero attached hydrogens (tertiary/aromatic N) is 2. The Kier molecular flexibility index (Phi) is 13.1. The lowest BCUT2D eigenvalue weighted by Gasteiger charge is -2.17. The van der Waals surface area contributed by atoms with Crippen LogP contribution in [-0.4, -0.2) is 42.4 Å². The van der Waals surface area contributed by atoms with E-state index in [0.717, 1.165) is 31.4 Å². The maximum Gasteiger partial charge on any atom is 0.246 e. The van der Waals surface area contributed by atoms with Crippen molar-refractivity contribution in [1.29, 1.82) is 0 Å². The number of hydrogen-bond donors (Lipinski definition) is 2. The molecule has 1 aromatic heterocycles. The Balaban J connectivity index is 0.000000502. The van der Waals surface area contributed by atoms with Crippen molar-refractivity contribution in [3.8, 4) is 0 Å². The fourth-order valence-corrected chi connectivity index (χ4v) is 3.21. The smallest absolute Gasteiger partial charge is 0.246 e. The zero-order valence-electron chi connectivity index (χ0n) is 20.8. The molecule has 0 spiro atoms. The third kappa shape index (κ3) is 9.83. The second-order valence-electron chi connectivity index (χ2n) is 7.79. The van der Waals surface area contributed by atoms with Gasteiger partial charge in [-0.3, -0.25) is 9.59 Å². The number of hydrogen-bond acceptors (Lipinski definition) is 4. The van der Waals surface area contributed by atoms with Crippen LogP contribution < -0.4 is 10.6 Å². The molecule has 1 atom stereocenters. The zero-order chi connectivity index (χ0) is 24.6. The molecule has 6 heteroatoms. The predicted molar refractivity (Wildman–Crippen MR) is 136 cm³/mol. The molecule has 6 nitrogen and oxygen atoms in total. The Labute approximate surface area is 198 Å². The van der Waals surface area contributed by atoms with Gasteiger partial charge in [-0.1, -0.05) is 49.8 Å². The van der Waals surface area contributed by atoms with Crippen molar-refractivity contribution in [3.05, 3.63) is 89.1 Å². The van der Waals surface area contributed by atoms with Crippen molar-refractivity contribution >= 4 is 12.2 Å². The molecule has 0 bridgehead atoms. The molecule has 0 aliphatic heterocycles. The maximum absolute atomic E-state index is 11.7. The van der Waals surface area contributed by atoms with Crippen LogP contribution in [0.1, 0.15) is 45.6 Å². The third-order valence-electron chi connectivity index (χ3n) is 5.40. The molecule has 0 aliphatic rings. The number of rotatable bonds is 10. The SMILES string of the molecule is CCC(C)=C(/C=C(C=O)\C=C(/C)C(=O)NC)C(C)c1ccccc1.CNCCn1ccnc1. The van der Waals surface area contributed by atoms with E-state index in [9.17, 15) is 9.59 Å². The van der Waals surface area contributed by atoms with E-state index in [0.29, 0.717) is 11.1 Å². The number of carbonyl (C=O) groups excluding carboxylic acids is 2. The minimum absolute atomic E-state index is 0.176. The number of carbonyl (C=O) groups is 2. The standard InChI is InChI=1S/C21H27NO2.C6H11N3/c1-6-15(2)20(17(4)19-10-8-7-9-11-19)13-18(14-23)12-16(3)21(24)22-5;1-7-2-4-9-5-3-8-6-9/h7-14,17H,6H2,1-5H3,(H,22,24);3,5-7H,2,4H2,1H3/b16-12+,18-13+,20-15?;. The summed E-state index contributed by atoms with van der Waals surface area (Å²) in [5.41, 5.74) is 4.57. The van der Waals surface area contributed by atoms with Gasteiger partial charge >= 0.3 is 0 Å². The van der Waals surface area contributed by atoms with E-state index in [1.165, 1.54) is 11.1 Å². The Morgan fingerprint density at radius 2 is 1.85 bits per heavy atom. The molecule has 1 unspecified atom stereocenters. The van der Waals surface area contributed by atoms with Crippen LogP contribution in [-0.2, 0) is 16.1 Å². The normalized spacial score (nSPS) is 13.4. The first-order valence-electron chi connectivity index (χ1n) is 11.3. The van der Waals surface area contributed by atoms with Gasteiger partial charge in [0.05, 0.1) is 6.33 Å². The van der Waals surface area contributed by atoms with Gasteiger partial charge in [-0.25, -0.2) is 4.98 Å². The number of likely N-dealkylation sites (N-methyl/N-ethyl adjacent to an activating group) is 2. The Hall–Kier alpha value is -3.25. The largest absolute Gasteiger partial charge is 0.355 e. The molecule has 33 heavy (non-hydrogen) atoms. The average Bonchev–Trinajstić information content (AvgIpc) is 3.38. The van der Waals surface area contributed by atoms with Crippen molar-refractivity contribution in [2.75, 3.05) is 20.6 Å². The van der Waals surface area contributed by atoms with Crippen LogP contribution in [0.25, 0.3) is 0 Å². The molecule has 178 valence electrons. The highest BCUT2D eigenvalue weighted by atomic mass is 16.1. The van der Waals surface area contributed by atoms with Crippen LogP contribution in [0.2, 0.25) is 0 Å². The van der Waals surface area contributed by atoms with Crippen molar-refractivity contribution in [2.24, 2.45) is 0 Å². The average molecular weight is 451 g/mol. The number of benzene rings is 1. The van der Waals surface area contributed by atoms with E-state index in [-0.39, 0.29) is 11.8 Å². The lowest BCUT2D eigenvalue weighted by molar-refractivity contribution is -0.117. The molecule has 0 radical (unpaired) electrons. The van der Waals surface area contributed by atoms with Gasteiger partial charge in [-0.2, -0.15) is 0 Å². The van der Waals surface area contributed by atoms with Gasteiger partial charge in [0.15, 0.2) is 0 Å². The van der Waals surface area contributed by atoms with Gasteiger partial charge in [0.2, 0.25) is 5.91 Å². The Morgan fingerprint density at radius 1 is 1.15 bits per heavy atom. The van der Waals surface area contributed by atoms with Gasteiger partial charge in [-0.15, -0.1) is 0 Å². The molecule has 1 heterocycles. The lowest BCUT2D eigenvalue weighted by Crippen LogP contribution is -2.18. The van der Waals surface area contributed by atoms with Crippen molar-refractivity contribution in [3.63, 3.8) is 0 Å². The summed E-state index contributed by atoms with van der Waals surface area (Å²) in [5, 5.41) is 5.63. The molecule has 0 saturated heterocycles. The maximum atomic E-state index is 11.7. The van der Waals surface area contributed by atoms with Gasteiger partial charge in [0.25, 0.3) is 0 Å². The summed E-state index contributed by atoms with van der Waals surface area (Å²) in [5.74, 6) is -0.00795. The van der Waals surface area contributed by atoms with E-state index in [1.807, 2.05) is 48.4 Å². The molecule has 0 fully saturated rings. The van der Waals surface area contributed by atoms with Crippen LogP contribution in [0, 0.1) is 0 Å². The minimum Gasteiger partial charge on any atom is -0.355 e. The topological polar surface area (TPSA) is 76.0 Å². The number of nitrogens with one attached hydrogen (secondary N) is 2. The molecular weight excluding hydrogens is 412 g/mol. The van der Waals surface area contributed by atoms with Gasteiger partial charge in [0, 0.05) is 49.6 Å². The van der Waals surface area contributed by atoms with E-state index < -0.39 is 0 Å². The highest BCUT2D eigenvalue weighted by Crippen LogP contribution is 2.29. The summed E-state index contributed by atoms with van der Waals surface area (Å²) in [6, 6.07) is 10.2. The minimum atomic E-state index is -0.184. The summed E-state index contributed by atoms with van der Waals surface area (Å²) < 4.78 is 2.04. The fourth-order valence-electron chi connectivity index (χ4n) is 3.21. The van der Waals surface area contributed by atoms with Crippen LogP contribution in [0.15, 0.2) is 83.5 Å². The molecule has 1 aromatic carbocycles. The first-order valence-corrected chi connectivity index (χ1v) is 11.3. The molecular formula is C27H38N4O2. The summed E-state index contributed by atoms with van der Waals surface area (Å²) in [6.45, 7) is 10.0. The molecule has 2 rings (SSSR count). The zero-order valence-corrected chi connectivity index (χ0v) is 20.8. The molecule has 2 N–H and O–H groups in total. The first-order chi connectivity index (χ1) is 15.9.